The molecule has 7 nitrogen and oxygen atoms in total. The van der Waals surface area contributed by atoms with Crippen LogP contribution >= 0.6 is 11.6 Å². The lowest BCUT2D eigenvalue weighted by Crippen LogP contribution is -2.41. The SMILES string of the molecule is COc1cccc2cc(C(=O)NNS(=O)(=O)c3cccc(Cl)c3)oc12. The van der Waals surface area contributed by atoms with Gasteiger partial charge in [-0.15, -0.1) is 4.83 Å². The van der Waals surface area contributed by atoms with E-state index >= 15 is 0 Å². The van der Waals surface area contributed by atoms with Gasteiger partial charge in [0.15, 0.2) is 17.1 Å². The Morgan fingerprint density at radius 3 is 2.64 bits per heavy atom. The third kappa shape index (κ3) is 3.60. The molecule has 0 unspecified atom stereocenters. The molecule has 0 saturated carbocycles. The number of hydrazine groups is 1. The van der Waals surface area contributed by atoms with Gasteiger partial charge in [-0.2, -0.15) is 0 Å². The lowest BCUT2D eigenvalue weighted by atomic mass is 10.2. The Morgan fingerprint density at radius 2 is 1.92 bits per heavy atom. The minimum atomic E-state index is -3.96. The van der Waals surface area contributed by atoms with E-state index in [1.807, 2.05) is 4.83 Å². The number of rotatable bonds is 5. The van der Waals surface area contributed by atoms with Gasteiger partial charge in [0.25, 0.3) is 10.0 Å². The average molecular weight is 381 g/mol. The first kappa shape index (κ1) is 17.3. The second kappa shape index (κ2) is 6.75. The molecule has 1 aromatic heterocycles. The van der Waals surface area contributed by atoms with Crippen LogP contribution in [-0.4, -0.2) is 21.4 Å². The van der Waals surface area contributed by atoms with Gasteiger partial charge in [-0.1, -0.05) is 29.8 Å². The monoisotopic (exact) mass is 380 g/mol. The van der Waals surface area contributed by atoms with E-state index in [9.17, 15) is 13.2 Å². The van der Waals surface area contributed by atoms with Crippen LogP contribution in [0.3, 0.4) is 0 Å². The summed E-state index contributed by atoms with van der Waals surface area (Å²) in [6.45, 7) is 0. The second-order valence-electron chi connectivity index (χ2n) is 5.01. The number of nitrogens with one attached hydrogen (secondary N) is 2. The number of carbonyl (C=O) groups is 1. The van der Waals surface area contributed by atoms with Crippen molar-refractivity contribution in [2.24, 2.45) is 0 Å². The van der Waals surface area contributed by atoms with Gasteiger partial charge in [0.2, 0.25) is 0 Å². The number of furan rings is 1. The number of hydrogen-bond donors (Lipinski definition) is 2. The van der Waals surface area contributed by atoms with Gasteiger partial charge in [0, 0.05) is 10.4 Å². The molecule has 1 heterocycles. The summed E-state index contributed by atoms with van der Waals surface area (Å²) in [4.78, 5) is 14.1. The third-order valence-corrected chi connectivity index (χ3v) is 4.84. The summed E-state index contributed by atoms with van der Waals surface area (Å²) in [6, 6.07) is 12.3. The van der Waals surface area contributed by atoms with E-state index < -0.39 is 15.9 Å². The van der Waals surface area contributed by atoms with Crippen LogP contribution in [0.25, 0.3) is 11.0 Å². The number of ether oxygens (including phenoxy) is 1. The fraction of sp³-hybridized carbons (Fsp3) is 0.0625. The van der Waals surface area contributed by atoms with Crippen LogP contribution in [-0.2, 0) is 10.0 Å². The summed E-state index contributed by atoms with van der Waals surface area (Å²) >= 11 is 5.78. The lowest BCUT2D eigenvalue weighted by Gasteiger charge is -2.07. The number of sulfonamides is 1. The number of methoxy groups -OCH3 is 1. The van der Waals surface area contributed by atoms with Crippen molar-refractivity contribution in [3.8, 4) is 5.75 Å². The smallest absolute Gasteiger partial charge is 0.301 e. The molecule has 0 saturated heterocycles. The van der Waals surface area contributed by atoms with E-state index in [0.29, 0.717) is 16.7 Å². The fourth-order valence-electron chi connectivity index (χ4n) is 2.18. The normalized spacial score (nSPS) is 11.4. The molecule has 130 valence electrons. The predicted octanol–water partition coefficient (Wildman–Crippen LogP) is 2.72. The van der Waals surface area contributed by atoms with Crippen molar-refractivity contribution in [1.82, 2.24) is 10.3 Å². The minimum absolute atomic E-state index is 0.0618. The molecule has 3 rings (SSSR count). The molecule has 2 aromatic carbocycles. The van der Waals surface area contributed by atoms with E-state index in [1.54, 1.807) is 24.3 Å². The van der Waals surface area contributed by atoms with Gasteiger partial charge in [-0.05, 0) is 30.3 Å². The van der Waals surface area contributed by atoms with Crippen molar-refractivity contribution in [3.63, 3.8) is 0 Å². The zero-order chi connectivity index (χ0) is 18.0. The fourth-order valence-corrected chi connectivity index (χ4v) is 3.32. The van der Waals surface area contributed by atoms with E-state index in [0.717, 1.165) is 0 Å². The van der Waals surface area contributed by atoms with Gasteiger partial charge in [0.05, 0.1) is 12.0 Å². The molecule has 3 aromatic rings. The molecular formula is C16H13ClN2O5S. The van der Waals surface area contributed by atoms with E-state index in [1.165, 1.54) is 31.4 Å². The largest absolute Gasteiger partial charge is 0.493 e. The maximum absolute atomic E-state index is 12.2. The number of para-hydroxylation sites is 1. The van der Waals surface area contributed by atoms with Crippen molar-refractivity contribution in [3.05, 3.63) is 59.3 Å². The molecule has 0 atom stereocenters. The Labute approximate surface area is 148 Å². The summed E-state index contributed by atoms with van der Waals surface area (Å²) in [5.41, 5.74) is 2.50. The molecular weight excluding hydrogens is 368 g/mol. The highest BCUT2D eigenvalue weighted by Gasteiger charge is 2.19. The number of fused-ring (bicyclic) bond motifs is 1. The molecule has 0 aliphatic heterocycles. The maximum Gasteiger partial charge on any atom is 0.301 e. The molecule has 1 amide bonds. The van der Waals surface area contributed by atoms with Crippen LogP contribution in [0.1, 0.15) is 10.6 Å². The summed E-state index contributed by atoms with van der Waals surface area (Å²) in [7, 11) is -2.48. The summed E-state index contributed by atoms with van der Waals surface area (Å²) in [6.07, 6.45) is 0. The maximum atomic E-state index is 12.2. The Bertz CT molecular complexity index is 1050. The van der Waals surface area contributed by atoms with Crippen LogP contribution in [0.4, 0.5) is 0 Å². The van der Waals surface area contributed by atoms with Crippen molar-refractivity contribution in [2.75, 3.05) is 7.11 Å². The van der Waals surface area contributed by atoms with Gasteiger partial charge >= 0.3 is 5.91 Å². The first-order valence-corrected chi connectivity index (χ1v) is 8.91. The first-order chi connectivity index (χ1) is 11.9. The van der Waals surface area contributed by atoms with Crippen LogP contribution in [0.15, 0.2) is 57.8 Å². The topological polar surface area (TPSA) is 97.6 Å². The summed E-state index contributed by atoms with van der Waals surface area (Å²) in [5.74, 6) is -0.340. The van der Waals surface area contributed by atoms with Crippen molar-refractivity contribution in [2.45, 2.75) is 4.90 Å². The quantitative estimate of drug-likeness (QED) is 0.663. The summed E-state index contributed by atoms with van der Waals surface area (Å²) < 4.78 is 34.9. The highest BCUT2D eigenvalue weighted by atomic mass is 35.5. The second-order valence-corrected chi connectivity index (χ2v) is 7.13. The van der Waals surface area contributed by atoms with Crippen molar-refractivity contribution in [1.29, 1.82) is 0 Å². The highest BCUT2D eigenvalue weighted by Crippen LogP contribution is 2.28. The number of benzene rings is 2. The molecule has 25 heavy (non-hydrogen) atoms. The number of hydrogen-bond acceptors (Lipinski definition) is 5. The zero-order valence-corrected chi connectivity index (χ0v) is 14.5. The molecule has 9 heteroatoms. The van der Waals surface area contributed by atoms with Crippen molar-refractivity contribution >= 4 is 38.5 Å². The molecule has 0 spiro atoms. The van der Waals surface area contributed by atoms with E-state index in [-0.39, 0.29) is 15.7 Å². The first-order valence-electron chi connectivity index (χ1n) is 7.05. The molecule has 0 radical (unpaired) electrons. The van der Waals surface area contributed by atoms with Crippen LogP contribution < -0.4 is 15.0 Å². The van der Waals surface area contributed by atoms with Gasteiger partial charge in [0.1, 0.15) is 0 Å². The number of amides is 1. The Morgan fingerprint density at radius 1 is 1.16 bits per heavy atom. The van der Waals surface area contributed by atoms with Crippen LogP contribution in [0.5, 0.6) is 5.75 Å². The van der Waals surface area contributed by atoms with Gasteiger partial charge < -0.3 is 9.15 Å². The average Bonchev–Trinajstić information content (AvgIpc) is 3.04. The predicted molar refractivity (Wildman–Crippen MR) is 92.0 cm³/mol. The Kier molecular flexibility index (Phi) is 4.67. The number of halogens is 1. The minimum Gasteiger partial charge on any atom is -0.493 e. The molecule has 2 N–H and O–H groups in total. The summed E-state index contributed by atoms with van der Waals surface area (Å²) in [5, 5.41) is 0.917. The Hall–Kier alpha value is -2.55. The standard InChI is InChI=1S/C16H13ClN2O5S/c1-23-13-7-2-4-10-8-14(24-15(10)13)16(20)18-19-25(21,22)12-6-3-5-11(17)9-12/h2-9,19H,1H3,(H,18,20). The molecule has 0 aliphatic carbocycles. The third-order valence-electron chi connectivity index (χ3n) is 3.36. The van der Waals surface area contributed by atoms with Crippen LogP contribution in [0, 0.1) is 0 Å². The van der Waals surface area contributed by atoms with Crippen LogP contribution in [0.2, 0.25) is 5.02 Å². The Balaban J connectivity index is 1.79. The molecule has 0 aliphatic rings. The van der Waals surface area contributed by atoms with E-state index in [4.69, 9.17) is 20.8 Å². The van der Waals surface area contributed by atoms with E-state index in [2.05, 4.69) is 5.43 Å². The highest BCUT2D eigenvalue weighted by molar-refractivity contribution is 7.89. The zero-order valence-electron chi connectivity index (χ0n) is 12.9. The van der Waals surface area contributed by atoms with Gasteiger partial charge in [-0.3, -0.25) is 10.2 Å². The number of carbonyl (C=O) groups excluding carboxylic acids is 1. The molecule has 0 bridgehead atoms. The van der Waals surface area contributed by atoms with Crippen molar-refractivity contribution < 1.29 is 22.4 Å². The van der Waals surface area contributed by atoms with Gasteiger partial charge in [-0.25, -0.2) is 8.42 Å². The molecule has 0 fully saturated rings. The lowest BCUT2D eigenvalue weighted by molar-refractivity contribution is 0.0919.